The summed E-state index contributed by atoms with van der Waals surface area (Å²) in [5.41, 5.74) is 0. The fourth-order valence-corrected chi connectivity index (χ4v) is 2.19. The second-order valence-electron chi connectivity index (χ2n) is 4.34. The Kier molecular flexibility index (Phi) is 2.81. The topological polar surface area (TPSA) is 63.0 Å². The van der Waals surface area contributed by atoms with Crippen molar-refractivity contribution in [3.63, 3.8) is 0 Å². The van der Waals surface area contributed by atoms with Crippen molar-refractivity contribution < 1.29 is 9.50 Å². The van der Waals surface area contributed by atoms with Crippen LogP contribution in [0, 0.1) is 5.82 Å². The summed E-state index contributed by atoms with van der Waals surface area (Å²) in [6, 6.07) is 2.97. The lowest BCUT2D eigenvalue weighted by Crippen LogP contribution is -2.18. The van der Waals surface area contributed by atoms with E-state index in [0.29, 0.717) is 18.8 Å². The summed E-state index contributed by atoms with van der Waals surface area (Å²) in [6.45, 7) is 0.564. The van der Waals surface area contributed by atoms with Crippen molar-refractivity contribution in [1.29, 1.82) is 0 Å². The van der Waals surface area contributed by atoms with E-state index in [9.17, 15) is 9.50 Å². The smallest absolute Gasteiger partial charge is 0.141 e. The highest BCUT2D eigenvalue weighted by molar-refractivity contribution is 5.25. The van der Waals surface area contributed by atoms with Gasteiger partial charge in [0.2, 0.25) is 0 Å². The summed E-state index contributed by atoms with van der Waals surface area (Å²) >= 11 is 0. The molecule has 6 heteroatoms. The van der Waals surface area contributed by atoms with Crippen molar-refractivity contribution in [2.45, 2.75) is 18.6 Å². The number of pyridine rings is 1. The van der Waals surface area contributed by atoms with Gasteiger partial charge in [-0.2, -0.15) is 0 Å². The molecule has 0 unspecified atom stereocenters. The van der Waals surface area contributed by atoms with Crippen LogP contribution in [0.25, 0.3) is 5.82 Å². The average Bonchev–Trinajstić information content (AvgIpc) is 2.98. The first-order chi connectivity index (χ1) is 8.74. The second-order valence-corrected chi connectivity index (χ2v) is 4.34. The summed E-state index contributed by atoms with van der Waals surface area (Å²) in [4.78, 5) is 8.32. The predicted octanol–water partition coefficient (Wildman–Crippen LogP) is 0.802. The van der Waals surface area contributed by atoms with Gasteiger partial charge in [0.25, 0.3) is 0 Å². The van der Waals surface area contributed by atoms with Crippen LogP contribution in [0.4, 0.5) is 4.39 Å². The molecule has 2 aromatic rings. The minimum absolute atomic E-state index is 0.00172. The molecule has 0 aliphatic carbocycles. The molecule has 1 aliphatic heterocycles. The Morgan fingerprint density at radius 2 is 2.28 bits per heavy atom. The van der Waals surface area contributed by atoms with E-state index in [1.807, 2.05) is 0 Å². The van der Waals surface area contributed by atoms with Crippen molar-refractivity contribution in [3.8, 4) is 5.82 Å². The number of aliphatic hydroxyl groups is 1. The fraction of sp³-hybridized carbons (Fsp3) is 0.333. The van der Waals surface area contributed by atoms with E-state index in [-0.39, 0.29) is 18.0 Å². The van der Waals surface area contributed by atoms with Crippen LogP contribution >= 0.6 is 0 Å². The molecule has 0 saturated carbocycles. The molecule has 0 bridgehead atoms. The van der Waals surface area contributed by atoms with Crippen molar-refractivity contribution >= 4 is 0 Å². The fourth-order valence-electron chi connectivity index (χ4n) is 2.19. The van der Waals surface area contributed by atoms with Gasteiger partial charge in [-0.15, -0.1) is 0 Å². The van der Waals surface area contributed by atoms with Crippen LogP contribution in [0.1, 0.15) is 18.3 Å². The van der Waals surface area contributed by atoms with Crippen LogP contribution in [0.3, 0.4) is 0 Å². The summed E-state index contributed by atoms with van der Waals surface area (Å²) in [5.74, 6) is 1.03. The number of β-amino-alcohol motifs (C(OH)–C–C–N with tert-alkyl or cyclic N) is 1. The average molecular weight is 248 g/mol. The molecule has 94 valence electrons. The molecular weight excluding hydrogens is 235 g/mol. The molecule has 3 heterocycles. The lowest BCUT2D eigenvalue weighted by Gasteiger charge is -2.12. The third-order valence-corrected chi connectivity index (χ3v) is 3.05. The van der Waals surface area contributed by atoms with Gasteiger partial charge in [0, 0.05) is 18.9 Å². The zero-order valence-corrected chi connectivity index (χ0v) is 9.62. The molecule has 0 radical (unpaired) electrons. The van der Waals surface area contributed by atoms with Crippen LogP contribution in [0.15, 0.2) is 30.7 Å². The Bertz CT molecular complexity index is 539. The monoisotopic (exact) mass is 248 g/mol. The highest BCUT2D eigenvalue weighted by atomic mass is 19.1. The molecule has 2 atom stereocenters. The number of imidazole rings is 1. The summed E-state index contributed by atoms with van der Waals surface area (Å²) in [5, 5.41) is 12.7. The molecule has 2 aromatic heterocycles. The van der Waals surface area contributed by atoms with Gasteiger partial charge in [-0.25, -0.2) is 14.4 Å². The van der Waals surface area contributed by atoms with Crippen LogP contribution < -0.4 is 5.32 Å². The predicted molar refractivity (Wildman–Crippen MR) is 62.7 cm³/mol. The summed E-state index contributed by atoms with van der Waals surface area (Å²) in [7, 11) is 0. The summed E-state index contributed by atoms with van der Waals surface area (Å²) < 4.78 is 14.6. The molecule has 1 saturated heterocycles. The number of aliphatic hydroxyl groups excluding tert-OH is 1. The first-order valence-corrected chi connectivity index (χ1v) is 5.80. The van der Waals surface area contributed by atoms with Gasteiger partial charge in [0.1, 0.15) is 17.5 Å². The molecule has 0 amide bonds. The number of rotatable bonds is 2. The molecule has 18 heavy (non-hydrogen) atoms. The third-order valence-electron chi connectivity index (χ3n) is 3.05. The van der Waals surface area contributed by atoms with E-state index in [1.165, 1.54) is 12.3 Å². The van der Waals surface area contributed by atoms with Crippen LogP contribution in [0.5, 0.6) is 0 Å². The number of nitrogens with zero attached hydrogens (tertiary/aromatic N) is 3. The van der Waals surface area contributed by atoms with Crippen LogP contribution in [0.2, 0.25) is 0 Å². The minimum atomic E-state index is -0.366. The van der Waals surface area contributed by atoms with Gasteiger partial charge in [-0.3, -0.25) is 4.57 Å². The first-order valence-electron chi connectivity index (χ1n) is 5.80. The zero-order chi connectivity index (χ0) is 12.5. The highest BCUT2D eigenvalue weighted by Gasteiger charge is 2.27. The largest absolute Gasteiger partial charge is 0.392 e. The lowest BCUT2D eigenvalue weighted by atomic mass is 10.2. The molecule has 5 nitrogen and oxygen atoms in total. The number of nitrogens with one attached hydrogen (secondary N) is 1. The highest BCUT2D eigenvalue weighted by Crippen LogP contribution is 2.23. The van der Waals surface area contributed by atoms with Gasteiger partial charge in [0.05, 0.1) is 18.3 Å². The Labute approximate surface area is 103 Å². The maximum Gasteiger partial charge on any atom is 0.141 e. The van der Waals surface area contributed by atoms with Crippen LogP contribution in [-0.2, 0) is 0 Å². The van der Waals surface area contributed by atoms with Gasteiger partial charge >= 0.3 is 0 Å². The molecule has 1 aliphatic rings. The molecule has 0 aromatic carbocycles. The lowest BCUT2D eigenvalue weighted by molar-refractivity contribution is 0.193. The molecular formula is C12H13FN4O. The Hall–Kier alpha value is -1.79. The Balaban J connectivity index is 1.94. The van der Waals surface area contributed by atoms with E-state index >= 15 is 0 Å². The molecule has 1 fully saturated rings. The summed E-state index contributed by atoms with van der Waals surface area (Å²) in [6.07, 6.45) is 4.91. The first kappa shape index (κ1) is 11.3. The van der Waals surface area contributed by atoms with E-state index in [0.717, 1.165) is 5.82 Å². The third kappa shape index (κ3) is 2.00. The Morgan fingerprint density at radius 3 is 2.94 bits per heavy atom. The number of halogens is 1. The molecule has 2 N–H and O–H groups in total. The molecule has 3 rings (SSSR count). The van der Waals surface area contributed by atoms with E-state index in [1.54, 1.807) is 23.0 Å². The zero-order valence-electron chi connectivity index (χ0n) is 9.62. The van der Waals surface area contributed by atoms with E-state index < -0.39 is 0 Å². The normalized spacial score (nSPS) is 23.4. The number of aromatic nitrogens is 3. The quantitative estimate of drug-likeness (QED) is 0.825. The van der Waals surface area contributed by atoms with Gasteiger partial charge in [-0.05, 0) is 18.6 Å². The maximum absolute atomic E-state index is 12.8. The number of hydrogen-bond donors (Lipinski definition) is 2. The van der Waals surface area contributed by atoms with E-state index in [4.69, 9.17) is 0 Å². The van der Waals surface area contributed by atoms with E-state index in [2.05, 4.69) is 15.3 Å². The van der Waals surface area contributed by atoms with Crippen LogP contribution in [-0.4, -0.2) is 32.3 Å². The Morgan fingerprint density at radius 1 is 1.39 bits per heavy atom. The second kappa shape index (κ2) is 4.47. The minimum Gasteiger partial charge on any atom is -0.392 e. The SMILES string of the molecule is O[C@@H]1CN[C@H](c2nccn2-c2ccc(F)cn2)C1. The van der Waals surface area contributed by atoms with Crippen molar-refractivity contribution in [2.24, 2.45) is 0 Å². The van der Waals surface area contributed by atoms with Gasteiger partial charge in [0.15, 0.2) is 0 Å². The van der Waals surface area contributed by atoms with Crippen molar-refractivity contribution in [1.82, 2.24) is 19.9 Å². The van der Waals surface area contributed by atoms with Crippen molar-refractivity contribution in [2.75, 3.05) is 6.54 Å². The van der Waals surface area contributed by atoms with Gasteiger partial charge in [-0.1, -0.05) is 0 Å². The van der Waals surface area contributed by atoms with Gasteiger partial charge < -0.3 is 10.4 Å². The maximum atomic E-state index is 12.8. The van der Waals surface area contributed by atoms with Crippen molar-refractivity contribution in [3.05, 3.63) is 42.4 Å². The standard InChI is InChI=1S/C12H13FN4O/c13-8-1-2-11(16-6-8)17-4-3-14-12(17)10-5-9(18)7-15-10/h1-4,6,9-10,15,18H,5,7H2/t9-,10-/m0/s1. The number of hydrogen-bond acceptors (Lipinski definition) is 4. The molecule has 0 spiro atoms.